The van der Waals surface area contributed by atoms with Gasteiger partial charge in [0.1, 0.15) is 5.76 Å². The van der Waals surface area contributed by atoms with E-state index in [-0.39, 0.29) is 17.8 Å². The molecule has 5 rings (SSSR count). The lowest BCUT2D eigenvalue weighted by Crippen LogP contribution is -2.45. The number of morpholine rings is 1. The van der Waals surface area contributed by atoms with E-state index in [1.807, 2.05) is 23.6 Å². The Morgan fingerprint density at radius 1 is 1.11 bits per heavy atom. The number of thiophene rings is 1. The molecule has 2 aliphatic heterocycles. The molecule has 0 bridgehead atoms. The molecule has 2 amide bonds. The quantitative estimate of drug-likeness (QED) is 0.427. The SMILES string of the molecule is O=C(NC[C@H]1CCCO1)[C@@H](c1cccs1)N(C(=O)c1ccc(CN2CCOCC2)o1)c1ccc(Cl)cc1. The summed E-state index contributed by atoms with van der Waals surface area (Å²) >= 11 is 7.57. The van der Waals surface area contributed by atoms with Gasteiger partial charge in [-0.05, 0) is 60.7 Å². The number of rotatable bonds is 9. The summed E-state index contributed by atoms with van der Waals surface area (Å²) in [6.45, 7) is 4.68. The van der Waals surface area contributed by atoms with Crippen molar-refractivity contribution < 1.29 is 23.5 Å². The number of carbonyl (C=O) groups excluding carboxylic acids is 2. The van der Waals surface area contributed by atoms with Gasteiger partial charge in [-0.1, -0.05) is 17.7 Å². The maximum absolute atomic E-state index is 14.0. The monoisotopic (exact) mass is 543 g/mol. The Kier molecular flexibility index (Phi) is 8.58. The highest BCUT2D eigenvalue weighted by Crippen LogP contribution is 2.33. The van der Waals surface area contributed by atoms with Gasteiger partial charge in [0.2, 0.25) is 5.91 Å². The number of halogens is 1. The van der Waals surface area contributed by atoms with Gasteiger partial charge in [0.25, 0.3) is 5.91 Å². The summed E-state index contributed by atoms with van der Waals surface area (Å²) in [7, 11) is 0. The van der Waals surface area contributed by atoms with Crippen LogP contribution in [0.5, 0.6) is 0 Å². The Balaban J connectivity index is 1.44. The fraction of sp³-hybridized carbons (Fsp3) is 0.407. The fourth-order valence-electron chi connectivity index (χ4n) is 4.60. The standard InChI is InChI=1S/C27H30ClN3O5S/c28-19-5-7-20(8-6-19)31(27(33)23-10-9-22(36-23)18-30-11-14-34-15-12-30)25(24-4-2-16-37-24)26(32)29-17-21-3-1-13-35-21/h2,4-10,16,21,25H,1,3,11-15,17-18H2,(H,29,32)/t21-,25-/m1/s1. The van der Waals surface area contributed by atoms with E-state index in [9.17, 15) is 9.59 Å². The first-order valence-corrected chi connectivity index (χ1v) is 13.7. The van der Waals surface area contributed by atoms with E-state index in [0.717, 1.165) is 30.8 Å². The smallest absolute Gasteiger partial charge is 0.295 e. The van der Waals surface area contributed by atoms with Crippen LogP contribution in [0.1, 0.15) is 40.1 Å². The minimum atomic E-state index is -0.886. The average molecular weight is 544 g/mol. The van der Waals surface area contributed by atoms with Gasteiger partial charge in [-0.2, -0.15) is 0 Å². The maximum atomic E-state index is 14.0. The van der Waals surface area contributed by atoms with E-state index < -0.39 is 11.9 Å². The first-order valence-electron chi connectivity index (χ1n) is 12.5. The summed E-state index contributed by atoms with van der Waals surface area (Å²) in [4.78, 5) is 32.1. The Bertz CT molecular complexity index is 1170. The van der Waals surface area contributed by atoms with Crippen molar-refractivity contribution in [2.75, 3.05) is 44.4 Å². The van der Waals surface area contributed by atoms with E-state index in [2.05, 4.69) is 10.2 Å². The summed E-state index contributed by atoms with van der Waals surface area (Å²) in [5, 5.41) is 5.45. The Labute approximate surface area is 225 Å². The van der Waals surface area contributed by atoms with Crippen molar-refractivity contribution in [2.24, 2.45) is 0 Å². The zero-order chi connectivity index (χ0) is 25.6. The van der Waals surface area contributed by atoms with Crippen molar-refractivity contribution in [3.05, 3.63) is 75.3 Å². The molecule has 0 saturated carbocycles. The molecule has 0 radical (unpaired) electrons. The highest BCUT2D eigenvalue weighted by Gasteiger charge is 2.36. The van der Waals surface area contributed by atoms with E-state index in [4.69, 9.17) is 25.5 Å². The van der Waals surface area contributed by atoms with Crippen LogP contribution in [0.15, 0.2) is 58.3 Å². The summed E-state index contributed by atoms with van der Waals surface area (Å²) in [5.41, 5.74) is 0.547. The number of ether oxygens (including phenoxy) is 2. The molecule has 2 fully saturated rings. The van der Waals surface area contributed by atoms with E-state index in [1.54, 1.807) is 30.3 Å². The van der Waals surface area contributed by atoms with Gasteiger partial charge in [-0.25, -0.2) is 0 Å². The van der Waals surface area contributed by atoms with Gasteiger partial charge in [-0.3, -0.25) is 19.4 Å². The molecule has 3 aromatic rings. The second kappa shape index (κ2) is 12.2. The Morgan fingerprint density at radius 3 is 2.62 bits per heavy atom. The van der Waals surface area contributed by atoms with Crippen LogP contribution in [-0.4, -0.2) is 62.3 Å². The van der Waals surface area contributed by atoms with Crippen LogP contribution in [0, 0.1) is 0 Å². The third-order valence-electron chi connectivity index (χ3n) is 6.53. The molecule has 196 valence electrons. The second-order valence-electron chi connectivity index (χ2n) is 9.10. The number of benzene rings is 1. The van der Waals surface area contributed by atoms with E-state index in [0.29, 0.717) is 49.4 Å². The average Bonchev–Trinajstić information content (AvgIpc) is 3.70. The predicted octanol–water partition coefficient (Wildman–Crippen LogP) is 4.51. The summed E-state index contributed by atoms with van der Waals surface area (Å²) in [6.07, 6.45) is 1.87. The van der Waals surface area contributed by atoms with Crippen molar-refractivity contribution in [1.82, 2.24) is 10.2 Å². The number of anilines is 1. The van der Waals surface area contributed by atoms with Crippen LogP contribution in [0.2, 0.25) is 5.02 Å². The van der Waals surface area contributed by atoms with Crippen molar-refractivity contribution in [3.8, 4) is 0 Å². The van der Waals surface area contributed by atoms with Crippen LogP contribution >= 0.6 is 22.9 Å². The minimum absolute atomic E-state index is 0.0135. The van der Waals surface area contributed by atoms with Crippen molar-refractivity contribution in [3.63, 3.8) is 0 Å². The van der Waals surface area contributed by atoms with Crippen LogP contribution in [0.3, 0.4) is 0 Å². The van der Waals surface area contributed by atoms with Gasteiger partial charge < -0.3 is 19.2 Å². The van der Waals surface area contributed by atoms with Crippen LogP contribution in [-0.2, 0) is 20.8 Å². The first-order chi connectivity index (χ1) is 18.1. The topological polar surface area (TPSA) is 84.2 Å². The van der Waals surface area contributed by atoms with Crippen molar-refractivity contribution in [2.45, 2.75) is 31.5 Å². The molecule has 8 nitrogen and oxygen atoms in total. The van der Waals surface area contributed by atoms with Crippen molar-refractivity contribution >= 4 is 40.4 Å². The molecule has 4 heterocycles. The van der Waals surface area contributed by atoms with Gasteiger partial charge in [0.15, 0.2) is 11.8 Å². The molecule has 2 aliphatic rings. The number of hydrogen-bond acceptors (Lipinski definition) is 7. The molecular weight excluding hydrogens is 514 g/mol. The summed E-state index contributed by atoms with van der Waals surface area (Å²) in [5.74, 6) is 0.186. The van der Waals surface area contributed by atoms with Gasteiger partial charge in [-0.15, -0.1) is 11.3 Å². The minimum Gasteiger partial charge on any atom is -0.455 e. The second-order valence-corrected chi connectivity index (χ2v) is 10.5. The van der Waals surface area contributed by atoms with Crippen LogP contribution < -0.4 is 10.2 Å². The number of hydrogen-bond donors (Lipinski definition) is 1. The molecule has 0 aliphatic carbocycles. The number of carbonyl (C=O) groups is 2. The lowest BCUT2D eigenvalue weighted by Gasteiger charge is -2.30. The number of amides is 2. The highest BCUT2D eigenvalue weighted by molar-refractivity contribution is 7.10. The summed E-state index contributed by atoms with van der Waals surface area (Å²) < 4.78 is 17.1. The third kappa shape index (κ3) is 6.42. The lowest BCUT2D eigenvalue weighted by atomic mass is 10.1. The molecule has 2 aromatic heterocycles. The van der Waals surface area contributed by atoms with Gasteiger partial charge in [0, 0.05) is 41.8 Å². The molecular formula is C27H30ClN3O5S. The largest absolute Gasteiger partial charge is 0.455 e. The molecule has 1 N–H and O–H groups in total. The molecule has 0 spiro atoms. The van der Waals surface area contributed by atoms with Crippen molar-refractivity contribution in [1.29, 1.82) is 0 Å². The predicted molar refractivity (Wildman–Crippen MR) is 142 cm³/mol. The summed E-state index contributed by atoms with van der Waals surface area (Å²) in [6, 6.07) is 13.2. The molecule has 2 saturated heterocycles. The molecule has 10 heteroatoms. The van der Waals surface area contributed by atoms with E-state index >= 15 is 0 Å². The third-order valence-corrected chi connectivity index (χ3v) is 7.70. The fourth-order valence-corrected chi connectivity index (χ4v) is 5.54. The van der Waals surface area contributed by atoms with Gasteiger partial charge >= 0.3 is 0 Å². The Morgan fingerprint density at radius 2 is 1.92 bits per heavy atom. The van der Waals surface area contributed by atoms with Gasteiger partial charge in [0.05, 0.1) is 25.9 Å². The molecule has 1 aromatic carbocycles. The Hall–Kier alpha value is -2.69. The zero-order valence-corrected chi connectivity index (χ0v) is 22.0. The zero-order valence-electron chi connectivity index (χ0n) is 20.4. The number of nitrogens with zero attached hydrogens (tertiary/aromatic N) is 2. The number of furan rings is 1. The van der Waals surface area contributed by atoms with Crippen LogP contribution in [0.25, 0.3) is 0 Å². The molecule has 0 unspecified atom stereocenters. The maximum Gasteiger partial charge on any atom is 0.295 e. The molecule has 2 atom stereocenters. The number of nitrogens with one attached hydrogen (secondary N) is 1. The van der Waals surface area contributed by atoms with Crippen LogP contribution in [0.4, 0.5) is 5.69 Å². The highest BCUT2D eigenvalue weighted by atomic mass is 35.5. The normalized spacial score (nSPS) is 19.0. The van der Waals surface area contributed by atoms with E-state index in [1.165, 1.54) is 16.2 Å². The first kappa shape index (κ1) is 25.9. The lowest BCUT2D eigenvalue weighted by molar-refractivity contribution is -0.122. The molecule has 37 heavy (non-hydrogen) atoms.